The fraction of sp³-hybridized carbons (Fsp3) is 0.410. The van der Waals surface area contributed by atoms with Gasteiger partial charge >= 0.3 is 12.4 Å². The Morgan fingerprint density at radius 1 is 0.792 bits per heavy atom. The van der Waals surface area contributed by atoms with Gasteiger partial charge in [0.25, 0.3) is 11.5 Å². The molecule has 0 saturated carbocycles. The van der Waals surface area contributed by atoms with Crippen molar-refractivity contribution in [2.75, 3.05) is 51.2 Å². The van der Waals surface area contributed by atoms with E-state index in [0.717, 1.165) is 43.9 Å². The van der Waals surface area contributed by atoms with Crippen molar-refractivity contribution in [1.82, 2.24) is 19.3 Å². The number of aromatic nitrogens is 1. The molecular formula is C39H39F6N5O3. The molecular weight excluding hydrogens is 700 g/mol. The summed E-state index contributed by atoms with van der Waals surface area (Å²) in [6, 6.07) is 15.6. The van der Waals surface area contributed by atoms with E-state index in [9.17, 15) is 40.7 Å². The third-order valence-electron chi connectivity index (χ3n) is 10.7. The quantitative estimate of drug-likeness (QED) is 0.194. The lowest BCUT2D eigenvalue weighted by atomic mass is 9.93. The summed E-state index contributed by atoms with van der Waals surface area (Å²) >= 11 is 0. The van der Waals surface area contributed by atoms with Crippen molar-refractivity contribution < 1.29 is 35.9 Å². The molecule has 4 aromatic rings. The molecule has 0 atom stereocenters. The van der Waals surface area contributed by atoms with Crippen LogP contribution in [-0.4, -0.2) is 83.4 Å². The predicted octanol–water partition coefficient (Wildman–Crippen LogP) is 6.89. The Bertz CT molecular complexity index is 2050. The maximum atomic E-state index is 14.4. The average Bonchev–Trinajstić information content (AvgIpc) is 3.68. The van der Waals surface area contributed by atoms with Crippen LogP contribution in [0.15, 0.2) is 71.5 Å². The number of alkyl halides is 6. The van der Waals surface area contributed by atoms with Gasteiger partial charge in [-0.25, -0.2) is 0 Å². The van der Waals surface area contributed by atoms with Crippen LogP contribution in [0.3, 0.4) is 0 Å². The minimum atomic E-state index is -5.06. The Balaban J connectivity index is 1.23. The monoisotopic (exact) mass is 739 g/mol. The summed E-state index contributed by atoms with van der Waals surface area (Å²) in [5, 5.41) is 0.507. The van der Waals surface area contributed by atoms with E-state index in [2.05, 4.69) is 9.80 Å². The second-order valence-corrected chi connectivity index (χ2v) is 14.1. The highest BCUT2D eigenvalue weighted by molar-refractivity contribution is 6.13. The van der Waals surface area contributed by atoms with Crippen molar-refractivity contribution in [3.05, 3.63) is 99.3 Å². The summed E-state index contributed by atoms with van der Waals surface area (Å²) in [7, 11) is 1.23. The first-order valence-corrected chi connectivity index (χ1v) is 17.8. The number of benzene rings is 3. The normalized spacial score (nSPS) is 17.5. The number of amides is 2. The molecule has 14 heteroatoms. The standard InChI is InChI=1S/C39H39F6N5O3/c1-46(23-25-20-27(38(40,41)42)22-28(21-25)39(43,44)45)36(52)34-33(26-8-3-2-4-9-26)30-10-7-11-31-35(30)50(37(34)53)19-18-49(31)32(51)24-47-16-12-29(13-17-47)48-14-5-6-15-48/h2-4,7-11,20-22,29H,5-6,12-19,23-24H2,1H3. The second kappa shape index (κ2) is 14.3. The summed E-state index contributed by atoms with van der Waals surface area (Å²) in [4.78, 5) is 49.9. The molecule has 0 radical (unpaired) electrons. The molecule has 53 heavy (non-hydrogen) atoms. The molecule has 0 N–H and O–H groups in total. The number of anilines is 1. The summed E-state index contributed by atoms with van der Waals surface area (Å²) in [6.45, 7) is 3.75. The Morgan fingerprint density at radius 3 is 2.06 bits per heavy atom. The zero-order chi connectivity index (χ0) is 37.7. The summed E-state index contributed by atoms with van der Waals surface area (Å²) in [6.07, 6.45) is -5.65. The van der Waals surface area contributed by atoms with Gasteiger partial charge in [0.15, 0.2) is 0 Å². The van der Waals surface area contributed by atoms with E-state index in [4.69, 9.17) is 0 Å². The van der Waals surface area contributed by atoms with Crippen molar-refractivity contribution >= 4 is 28.4 Å². The third kappa shape index (κ3) is 7.30. The van der Waals surface area contributed by atoms with Gasteiger partial charge in [0.05, 0.1) is 28.9 Å². The molecule has 2 amide bonds. The van der Waals surface area contributed by atoms with Crippen molar-refractivity contribution in [2.24, 2.45) is 0 Å². The lowest BCUT2D eigenvalue weighted by Gasteiger charge is -2.38. The van der Waals surface area contributed by atoms with Crippen LogP contribution in [0.4, 0.5) is 32.0 Å². The number of hydrogen-bond donors (Lipinski definition) is 0. The van der Waals surface area contributed by atoms with Crippen LogP contribution < -0.4 is 10.5 Å². The number of nitrogens with zero attached hydrogens (tertiary/aromatic N) is 5. The summed E-state index contributed by atoms with van der Waals surface area (Å²) < 4.78 is 83.1. The molecule has 0 spiro atoms. The zero-order valence-electron chi connectivity index (χ0n) is 29.1. The largest absolute Gasteiger partial charge is 0.416 e. The fourth-order valence-electron chi connectivity index (χ4n) is 8.08. The van der Waals surface area contributed by atoms with Crippen molar-refractivity contribution in [3.63, 3.8) is 0 Å². The first kappa shape index (κ1) is 36.7. The number of carbonyl (C=O) groups excluding carboxylic acids is 2. The summed E-state index contributed by atoms with van der Waals surface area (Å²) in [5.41, 5.74) is -2.58. The topological polar surface area (TPSA) is 69.1 Å². The molecule has 3 aliphatic heterocycles. The smallest absolute Gasteiger partial charge is 0.337 e. The first-order chi connectivity index (χ1) is 25.2. The molecule has 3 aromatic carbocycles. The Morgan fingerprint density at radius 2 is 1.43 bits per heavy atom. The maximum absolute atomic E-state index is 14.4. The molecule has 0 bridgehead atoms. The second-order valence-electron chi connectivity index (χ2n) is 14.1. The zero-order valence-corrected chi connectivity index (χ0v) is 29.1. The molecule has 0 unspecified atom stereocenters. The average molecular weight is 740 g/mol. The van der Waals surface area contributed by atoms with Crippen LogP contribution in [0.1, 0.15) is 52.7 Å². The fourth-order valence-corrected chi connectivity index (χ4v) is 8.08. The van der Waals surface area contributed by atoms with Crippen LogP contribution in [0.2, 0.25) is 0 Å². The Hall–Kier alpha value is -4.69. The molecule has 7 rings (SSSR count). The number of rotatable bonds is 7. The van der Waals surface area contributed by atoms with E-state index in [1.54, 1.807) is 53.4 Å². The van der Waals surface area contributed by atoms with Crippen LogP contribution in [-0.2, 0) is 30.2 Å². The Labute approximate surface area is 302 Å². The highest BCUT2D eigenvalue weighted by Crippen LogP contribution is 2.39. The van der Waals surface area contributed by atoms with Gasteiger partial charge in [-0.05, 0) is 74.2 Å². The molecule has 280 valence electrons. The van der Waals surface area contributed by atoms with Gasteiger partial charge in [-0.15, -0.1) is 0 Å². The van der Waals surface area contributed by atoms with Crippen molar-refractivity contribution in [1.29, 1.82) is 0 Å². The van der Waals surface area contributed by atoms with Gasteiger partial charge < -0.3 is 19.3 Å². The van der Waals surface area contributed by atoms with Gasteiger partial charge in [-0.3, -0.25) is 19.3 Å². The number of piperidine rings is 1. The van der Waals surface area contributed by atoms with E-state index >= 15 is 0 Å². The number of hydrogen-bond acceptors (Lipinski definition) is 5. The number of pyridine rings is 1. The van der Waals surface area contributed by atoms with E-state index in [1.165, 1.54) is 24.5 Å². The first-order valence-electron chi connectivity index (χ1n) is 17.8. The van der Waals surface area contributed by atoms with E-state index in [1.807, 2.05) is 0 Å². The molecule has 0 aliphatic carbocycles. The number of likely N-dealkylation sites (tertiary alicyclic amines) is 2. The van der Waals surface area contributed by atoms with Gasteiger partial charge in [0.2, 0.25) is 5.91 Å². The molecule has 8 nitrogen and oxygen atoms in total. The molecule has 3 aliphatic rings. The highest BCUT2D eigenvalue weighted by Gasteiger charge is 2.38. The van der Waals surface area contributed by atoms with Gasteiger partial charge in [0, 0.05) is 56.8 Å². The van der Waals surface area contributed by atoms with E-state index < -0.39 is 47.1 Å². The van der Waals surface area contributed by atoms with Crippen LogP contribution >= 0.6 is 0 Å². The number of halogens is 6. The number of para-hydroxylation sites is 1. The third-order valence-corrected chi connectivity index (χ3v) is 10.7. The van der Waals surface area contributed by atoms with Crippen molar-refractivity contribution in [2.45, 2.75) is 57.2 Å². The van der Waals surface area contributed by atoms with Gasteiger partial charge in [-0.1, -0.05) is 42.5 Å². The summed E-state index contributed by atoms with van der Waals surface area (Å²) in [5.74, 6) is -0.969. The predicted molar refractivity (Wildman–Crippen MR) is 189 cm³/mol. The molecule has 1 aromatic heterocycles. The minimum absolute atomic E-state index is 0.0301. The van der Waals surface area contributed by atoms with E-state index in [0.29, 0.717) is 40.3 Å². The number of carbonyl (C=O) groups is 2. The molecule has 2 saturated heterocycles. The maximum Gasteiger partial charge on any atom is 0.416 e. The lowest BCUT2D eigenvalue weighted by Crippen LogP contribution is -2.49. The lowest BCUT2D eigenvalue weighted by molar-refractivity contribution is -0.143. The van der Waals surface area contributed by atoms with Crippen LogP contribution in [0.25, 0.3) is 22.0 Å². The SMILES string of the molecule is CN(Cc1cc(C(F)(F)F)cc(C(F)(F)F)c1)C(=O)c1c(-c2ccccc2)c2cccc3c2n(c1=O)CCN3C(=O)CN1CCC(N2CCCC2)CC1. The molecule has 2 fully saturated rings. The van der Waals surface area contributed by atoms with Gasteiger partial charge in [0.1, 0.15) is 5.56 Å². The highest BCUT2D eigenvalue weighted by atomic mass is 19.4. The van der Waals surface area contributed by atoms with Crippen LogP contribution in [0.5, 0.6) is 0 Å². The Kier molecular flexibility index (Phi) is 9.87. The van der Waals surface area contributed by atoms with Gasteiger partial charge in [-0.2, -0.15) is 26.3 Å². The van der Waals surface area contributed by atoms with Crippen LogP contribution in [0, 0.1) is 0 Å². The van der Waals surface area contributed by atoms with Crippen molar-refractivity contribution in [3.8, 4) is 11.1 Å². The minimum Gasteiger partial charge on any atom is -0.337 e. The van der Waals surface area contributed by atoms with E-state index in [-0.39, 0.29) is 42.7 Å². The molecule has 4 heterocycles.